The van der Waals surface area contributed by atoms with Gasteiger partial charge in [0.1, 0.15) is 17.6 Å². The van der Waals surface area contributed by atoms with Gasteiger partial charge < -0.3 is 14.8 Å². The topological polar surface area (TPSA) is 99.1 Å². The Kier molecular flexibility index (Phi) is 7.02. The Hall–Kier alpha value is -0.860. The van der Waals surface area contributed by atoms with E-state index in [1.54, 1.807) is 0 Å². The van der Waals surface area contributed by atoms with Crippen LogP contribution in [0.4, 0.5) is 0 Å². The van der Waals surface area contributed by atoms with E-state index in [-0.39, 0.29) is 16.4 Å². The van der Waals surface area contributed by atoms with Crippen LogP contribution in [0.3, 0.4) is 0 Å². The van der Waals surface area contributed by atoms with Crippen LogP contribution >= 0.6 is 0 Å². The molecular formula is C9H14O6S. The minimum atomic E-state index is -1.72. The fourth-order valence-electron chi connectivity index (χ4n) is 0.551. The SMILES string of the molecule is C=C(C)[S+]([O-])C(=C)C(=O)OOCC(O)CO. The van der Waals surface area contributed by atoms with Crippen molar-refractivity contribution in [1.29, 1.82) is 0 Å². The number of hydrogen-bond acceptors (Lipinski definition) is 6. The Morgan fingerprint density at radius 2 is 2.12 bits per heavy atom. The lowest BCUT2D eigenvalue weighted by atomic mass is 10.4. The van der Waals surface area contributed by atoms with E-state index in [1.807, 2.05) is 0 Å². The van der Waals surface area contributed by atoms with Crippen LogP contribution in [0.5, 0.6) is 0 Å². The molecule has 2 N–H and O–H groups in total. The standard InChI is InChI=1S/C9H14O6S/c1-6(2)16(13)7(3)9(12)15-14-5-8(11)4-10/h8,10-11H,1,3-5H2,2H3. The second-order valence-corrected chi connectivity index (χ2v) is 4.61. The number of rotatable bonds is 7. The molecule has 0 rings (SSSR count). The van der Waals surface area contributed by atoms with Crippen molar-refractivity contribution in [3.05, 3.63) is 23.0 Å². The van der Waals surface area contributed by atoms with E-state index in [2.05, 4.69) is 22.9 Å². The minimum Gasteiger partial charge on any atom is -0.607 e. The van der Waals surface area contributed by atoms with E-state index in [4.69, 9.17) is 10.2 Å². The summed E-state index contributed by atoms with van der Waals surface area (Å²) >= 11 is -1.72. The largest absolute Gasteiger partial charge is 0.607 e. The molecule has 0 saturated heterocycles. The number of carbonyl (C=O) groups is 1. The van der Waals surface area contributed by atoms with Gasteiger partial charge in [-0.05, 0) is 13.2 Å². The molecule has 0 fully saturated rings. The molecule has 0 aliphatic rings. The summed E-state index contributed by atoms with van der Waals surface area (Å²) in [4.78, 5) is 19.6. The number of aliphatic hydroxyl groups excluding tert-OH is 2. The van der Waals surface area contributed by atoms with E-state index < -0.39 is 29.9 Å². The molecule has 0 spiro atoms. The summed E-state index contributed by atoms with van der Waals surface area (Å²) in [5.74, 6) is -1.01. The Bertz CT molecular complexity index is 277. The summed E-state index contributed by atoms with van der Waals surface area (Å²) in [5.41, 5.74) is 0. The van der Waals surface area contributed by atoms with E-state index in [1.165, 1.54) is 6.92 Å². The van der Waals surface area contributed by atoms with Crippen LogP contribution in [0.15, 0.2) is 23.0 Å². The molecule has 0 aromatic carbocycles. The van der Waals surface area contributed by atoms with Crippen LogP contribution in [0, 0.1) is 0 Å². The maximum Gasteiger partial charge on any atom is 0.419 e. The number of hydrogen-bond donors (Lipinski definition) is 2. The normalized spacial score (nSPS) is 14.0. The van der Waals surface area contributed by atoms with Gasteiger partial charge in [-0.2, -0.15) is 4.89 Å². The Morgan fingerprint density at radius 3 is 2.56 bits per heavy atom. The van der Waals surface area contributed by atoms with E-state index >= 15 is 0 Å². The Labute approximate surface area is 96.3 Å². The van der Waals surface area contributed by atoms with E-state index in [0.717, 1.165) is 0 Å². The first-order chi connectivity index (χ1) is 7.40. The van der Waals surface area contributed by atoms with Gasteiger partial charge in [0.2, 0.25) is 4.91 Å². The molecule has 0 bridgehead atoms. The molecule has 0 saturated carbocycles. The highest BCUT2D eigenvalue weighted by molar-refractivity contribution is 7.99. The molecule has 6 nitrogen and oxygen atoms in total. The van der Waals surface area contributed by atoms with Gasteiger partial charge in [-0.15, -0.1) is 0 Å². The van der Waals surface area contributed by atoms with Gasteiger partial charge in [0.15, 0.2) is 0 Å². The van der Waals surface area contributed by atoms with Gasteiger partial charge >= 0.3 is 5.97 Å². The van der Waals surface area contributed by atoms with Crippen LogP contribution in [0.2, 0.25) is 0 Å². The maximum atomic E-state index is 11.3. The fraction of sp³-hybridized carbons (Fsp3) is 0.444. The number of carbonyl (C=O) groups excluding carboxylic acids is 1. The highest BCUT2D eigenvalue weighted by Crippen LogP contribution is 2.14. The number of allylic oxidation sites excluding steroid dienone is 1. The molecule has 0 amide bonds. The molecule has 0 aliphatic carbocycles. The third kappa shape index (κ3) is 5.29. The van der Waals surface area contributed by atoms with Gasteiger partial charge in [-0.25, -0.2) is 4.79 Å². The zero-order valence-corrected chi connectivity index (χ0v) is 9.66. The summed E-state index contributed by atoms with van der Waals surface area (Å²) in [7, 11) is 0. The quantitative estimate of drug-likeness (QED) is 0.276. The molecule has 7 heteroatoms. The predicted octanol–water partition coefficient (Wildman–Crippen LogP) is -0.390. The van der Waals surface area contributed by atoms with Crippen molar-refractivity contribution >= 4 is 17.1 Å². The Balaban J connectivity index is 3.98. The third-order valence-corrected chi connectivity index (χ3v) is 2.62. The average Bonchev–Trinajstić information content (AvgIpc) is 2.26. The van der Waals surface area contributed by atoms with Crippen molar-refractivity contribution in [3.8, 4) is 0 Å². The second kappa shape index (κ2) is 7.42. The first kappa shape index (κ1) is 15.1. The minimum absolute atomic E-state index is 0.261. The molecule has 2 atom stereocenters. The van der Waals surface area contributed by atoms with Crippen molar-refractivity contribution in [2.24, 2.45) is 0 Å². The molecule has 92 valence electrons. The molecule has 0 aliphatic heterocycles. The second-order valence-electron chi connectivity index (χ2n) is 2.89. The first-order valence-corrected chi connectivity index (χ1v) is 5.44. The van der Waals surface area contributed by atoms with Gasteiger partial charge in [0, 0.05) is 18.1 Å². The van der Waals surface area contributed by atoms with Gasteiger partial charge in [0.25, 0.3) is 0 Å². The Morgan fingerprint density at radius 1 is 1.56 bits per heavy atom. The third-order valence-electron chi connectivity index (χ3n) is 1.37. The fourth-order valence-corrected chi connectivity index (χ4v) is 1.16. The van der Waals surface area contributed by atoms with Crippen molar-refractivity contribution in [2.75, 3.05) is 13.2 Å². The van der Waals surface area contributed by atoms with E-state index in [0.29, 0.717) is 0 Å². The van der Waals surface area contributed by atoms with Gasteiger partial charge in [-0.3, -0.25) is 4.89 Å². The van der Waals surface area contributed by atoms with Crippen LogP contribution in [-0.2, 0) is 25.7 Å². The highest BCUT2D eigenvalue weighted by Gasteiger charge is 2.24. The molecule has 0 heterocycles. The summed E-state index contributed by atoms with van der Waals surface area (Å²) < 4.78 is 11.3. The summed E-state index contributed by atoms with van der Waals surface area (Å²) in [6.07, 6.45) is -1.15. The highest BCUT2D eigenvalue weighted by atomic mass is 32.2. The van der Waals surface area contributed by atoms with Gasteiger partial charge in [0.05, 0.1) is 6.61 Å². The monoisotopic (exact) mass is 250 g/mol. The zero-order valence-electron chi connectivity index (χ0n) is 8.84. The summed E-state index contributed by atoms with van der Waals surface area (Å²) in [6.45, 7) is 7.24. The summed E-state index contributed by atoms with van der Waals surface area (Å²) in [6, 6.07) is 0. The molecule has 16 heavy (non-hydrogen) atoms. The maximum absolute atomic E-state index is 11.3. The average molecular weight is 250 g/mol. The number of aliphatic hydroxyl groups is 2. The lowest BCUT2D eigenvalue weighted by molar-refractivity contribution is -0.278. The van der Waals surface area contributed by atoms with Crippen LogP contribution in [0.25, 0.3) is 0 Å². The van der Waals surface area contributed by atoms with E-state index in [9.17, 15) is 9.35 Å². The molecule has 0 aromatic rings. The first-order valence-electron chi connectivity index (χ1n) is 4.29. The lowest BCUT2D eigenvalue weighted by Crippen LogP contribution is -2.22. The summed E-state index contributed by atoms with van der Waals surface area (Å²) in [5, 5.41) is 17.3. The van der Waals surface area contributed by atoms with Crippen molar-refractivity contribution in [2.45, 2.75) is 13.0 Å². The lowest BCUT2D eigenvalue weighted by Gasteiger charge is -2.10. The molecule has 0 radical (unpaired) electrons. The zero-order chi connectivity index (χ0) is 12.7. The van der Waals surface area contributed by atoms with Crippen LogP contribution in [-0.4, -0.2) is 40.1 Å². The molecule has 0 aromatic heterocycles. The van der Waals surface area contributed by atoms with Crippen molar-refractivity contribution in [1.82, 2.24) is 0 Å². The van der Waals surface area contributed by atoms with Crippen LogP contribution in [0.1, 0.15) is 6.92 Å². The smallest absolute Gasteiger partial charge is 0.419 e. The molecule has 2 unspecified atom stereocenters. The van der Waals surface area contributed by atoms with Crippen LogP contribution < -0.4 is 0 Å². The predicted molar refractivity (Wildman–Crippen MR) is 57.2 cm³/mol. The molecular weight excluding hydrogens is 236 g/mol. The van der Waals surface area contributed by atoms with Crippen molar-refractivity contribution < 1.29 is 29.3 Å². The van der Waals surface area contributed by atoms with Crippen molar-refractivity contribution in [3.63, 3.8) is 0 Å². The van der Waals surface area contributed by atoms with Gasteiger partial charge in [-0.1, -0.05) is 0 Å².